The van der Waals surface area contributed by atoms with Crippen LogP contribution in [-0.2, 0) is 6.42 Å². The predicted molar refractivity (Wildman–Crippen MR) is 129 cm³/mol. The van der Waals surface area contributed by atoms with Gasteiger partial charge in [0.2, 0.25) is 0 Å². The smallest absolute Gasteiger partial charge is 0.353 e. The Morgan fingerprint density at radius 2 is 1.68 bits per heavy atom. The van der Waals surface area contributed by atoms with Crippen molar-refractivity contribution in [1.82, 2.24) is 9.63 Å². The summed E-state index contributed by atoms with van der Waals surface area (Å²) in [5.41, 5.74) is 1.46. The van der Waals surface area contributed by atoms with Crippen molar-refractivity contribution in [3.63, 3.8) is 0 Å². The van der Waals surface area contributed by atoms with Crippen molar-refractivity contribution in [3.05, 3.63) is 110 Å². The van der Waals surface area contributed by atoms with Gasteiger partial charge in [0.05, 0.1) is 5.52 Å². The number of hydroxylamine groups is 2. The summed E-state index contributed by atoms with van der Waals surface area (Å²) < 4.78 is 1.53. The molecule has 4 rings (SSSR count). The fraction of sp³-hybridized carbons (Fsp3) is 0.115. The topological polar surface area (TPSA) is 99.8 Å². The normalized spacial score (nSPS) is 10.9. The molecule has 0 aliphatic rings. The first-order chi connectivity index (χ1) is 16.3. The van der Waals surface area contributed by atoms with E-state index in [0.29, 0.717) is 32.2 Å². The molecule has 0 atom stereocenters. The Labute approximate surface area is 200 Å². The number of amides is 1. The Morgan fingerprint density at radius 1 is 1.00 bits per heavy atom. The number of carboxylic acid groups (broad SMARTS) is 1. The lowest BCUT2D eigenvalue weighted by atomic mass is 9.98. The summed E-state index contributed by atoms with van der Waals surface area (Å²) in [6.45, 7) is 1.78. The molecular weight excluding hydrogens is 456 g/mol. The lowest BCUT2D eigenvalue weighted by molar-refractivity contribution is -0.0541. The van der Waals surface area contributed by atoms with E-state index >= 15 is 0 Å². The molecule has 0 saturated heterocycles. The molecule has 1 heterocycles. The first-order valence-corrected chi connectivity index (χ1v) is 10.9. The van der Waals surface area contributed by atoms with Crippen LogP contribution in [0.15, 0.2) is 77.6 Å². The molecular formula is C26H21ClN2O5. The van der Waals surface area contributed by atoms with Gasteiger partial charge in [0, 0.05) is 40.2 Å². The van der Waals surface area contributed by atoms with Crippen LogP contribution >= 0.6 is 11.6 Å². The van der Waals surface area contributed by atoms with E-state index in [1.165, 1.54) is 16.7 Å². The molecule has 1 aromatic heterocycles. The highest BCUT2D eigenvalue weighted by molar-refractivity contribution is 6.31. The number of pyridine rings is 1. The largest absolute Gasteiger partial charge is 0.477 e. The molecule has 0 saturated carbocycles. The van der Waals surface area contributed by atoms with Crippen molar-refractivity contribution in [2.24, 2.45) is 0 Å². The van der Waals surface area contributed by atoms with Crippen molar-refractivity contribution in [2.45, 2.75) is 13.3 Å². The number of carbonyl (C=O) groups is 2. The Kier molecular flexibility index (Phi) is 6.49. The van der Waals surface area contributed by atoms with E-state index in [1.807, 2.05) is 6.07 Å². The second-order valence-corrected chi connectivity index (χ2v) is 8.12. The maximum Gasteiger partial charge on any atom is 0.353 e. The van der Waals surface area contributed by atoms with Gasteiger partial charge in [-0.15, -0.1) is 0 Å². The molecule has 0 radical (unpaired) electrons. The molecule has 2 N–H and O–H groups in total. The van der Waals surface area contributed by atoms with Crippen LogP contribution in [0.5, 0.6) is 0 Å². The van der Waals surface area contributed by atoms with Crippen LogP contribution in [0.25, 0.3) is 16.6 Å². The Bertz CT molecular complexity index is 1450. The van der Waals surface area contributed by atoms with E-state index in [1.54, 1.807) is 61.5 Å². The zero-order valence-corrected chi connectivity index (χ0v) is 19.0. The number of aromatic carboxylic acids is 1. The van der Waals surface area contributed by atoms with Crippen molar-refractivity contribution >= 4 is 34.4 Å². The van der Waals surface area contributed by atoms with Gasteiger partial charge < -0.3 is 9.67 Å². The summed E-state index contributed by atoms with van der Waals surface area (Å²) in [5, 5.41) is 21.1. The van der Waals surface area contributed by atoms with Gasteiger partial charge in [0.25, 0.3) is 5.91 Å². The number of benzene rings is 3. The third-order valence-corrected chi connectivity index (χ3v) is 5.80. The van der Waals surface area contributed by atoms with Crippen LogP contribution in [0.3, 0.4) is 0 Å². The standard InChI is InChI=1S/C26H21ClN2O5/c1-2-28(34)25(31)17-10-8-16(9-11-17)14-21-23(26(32)33)29(19-6-4-3-5-7-19)22-15-18(27)12-13-20(22)24(21)30/h3-13,15,34H,2,14H2,1H3,(H,32,33). The lowest BCUT2D eigenvalue weighted by Crippen LogP contribution is -2.27. The molecule has 1 amide bonds. The summed E-state index contributed by atoms with van der Waals surface area (Å²) in [6, 6.07) is 20.0. The lowest BCUT2D eigenvalue weighted by Gasteiger charge is -2.19. The molecule has 7 nitrogen and oxygen atoms in total. The molecule has 0 spiro atoms. The Hall–Kier alpha value is -3.94. The van der Waals surface area contributed by atoms with E-state index in [0.717, 1.165) is 0 Å². The quantitative estimate of drug-likeness (QED) is 0.308. The number of halogens is 1. The van der Waals surface area contributed by atoms with Crippen LogP contribution in [-0.4, -0.2) is 38.4 Å². The summed E-state index contributed by atoms with van der Waals surface area (Å²) >= 11 is 6.19. The van der Waals surface area contributed by atoms with Crippen molar-refractivity contribution in [2.75, 3.05) is 6.54 Å². The molecule has 4 aromatic rings. The van der Waals surface area contributed by atoms with Crippen LogP contribution in [0, 0.1) is 0 Å². The van der Waals surface area contributed by atoms with Gasteiger partial charge >= 0.3 is 5.97 Å². The monoisotopic (exact) mass is 476 g/mol. The molecule has 0 fully saturated rings. The summed E-state index contributed by atoms with van der Waals surface area (Å²) in [5.74, 6) is -1.79. The van der Waals surface area contributed by atoms with Gasteiger partial charge in [0.15, 0.2) is 5.43 Å². The highest BCUT2D eigenvalue weighted by Crippen LogP contribution is 2.26. The molecule has 0 aliphatic heterocycles. The minimum atomic E-state index is -1.25. The number of nitrogens with zero attached hydrogens (tertiary/aromatic N) is 2. The first kappa shape index (κ1) is 23.2. The molecule has 8 heteroatoms. The van der Waals surface area contributed by atoms with Gasteiger partial charge in [-0.1, -0.05) is 41.9 Å². The second-order valence-electron chi connectivity index (χ2n) is 7.69. The fourth-order valence-corrected chi connectivity index (χ4v) is 4.07. The maximum atomic E-state index is 13.4. The Balaban J connectivity index is 1.91. The van der Waals surface area contributed by atoms with Crippen LogP contribution in [0.2, 0.25) is 5.02 Å². The number of rotatable bonds is 6. The van der Waals surface area contributed by atoms with E-state index in [-0.39, 0.29) is 29.8 Å². The minimum Gasteiger partial charge on any atom is -0.477 e. The maximum absolute atomic E-state index is 13.4. The van der Waals surface area contributed by atoms with Crippen LogP contribution in [0.4, 0.5) is 0 Å². The molecule has 0 bridgehead atoms. The zero-order valence-electron chi connectivity index (χ0n) is 18.2. The van der Waals surface area contributed by atoms with Gasteiger partial charge in [-0.3, -0.25) is 14.8 Å². The van der Waals surface area contributed by atoms with Crippen molar-refractivity contribution in [3.8, 4) is 5.69 Å². The van der Waals surface area contributed by atoms with Gasteiger partial charge in [-0.25, -0.2) is 9.86 Å². The average molecular weight is 477 g/mol. The number of hydrogen-bond donors (Lipinski definition) is 2. The van der Waals surface area contributed by atoms with Crippen LogP contribution < -0.4 is 5.43 Å². The third kappa shape index (κ3) is 4.31. The molecule has 172 valence electrons. The highest BCUT2D eigenvalue weighted by Gasteiger charge is 2.23. The minimum absolute atomic E-state index is 0.0386. The zero-order chi connectivity index (χ0) is 24.4. The van der Waals surface area contributed by atoms with Gasteiger partial charge in [-0.05, 0) is 55.0 Å². The molecule has 34 heavy (non-hydrogen) atoms. The van der Waals surface area contributed by atoms with Gasteiger partial charge in [0.1, 0.15) is 5.69 Å². The Morgan fingerprint density at radius 3 is 2.29 bits per heavy atom. The number of carbonyl (C=O) groups excluding carboxylic acids is 1. The molecule has 0 aliphatic carbocycles. The molecule has 0 unspecified atom stereocenters. The van der Waals surface area contributed by atoms with E-state index in [2.05, 4.69) is 0 Å². The summed E-state index contributed by atoms with van der Waals surface area (Å²) in [7, 11) is 0. The summed E-state index contributed by atoms with van der Waals surface area (Å²) in [6.07, 6.45) is 0.0386. The summed E-state index contributed by atoms with van der Waals surface area (Å²) in [4.78, 5) is 38.1. The first-order valence-electron chi connectivity index (χ1n) is 10.6. The van der Waals surface area contributed by atoms with Crippen molar-refractivity contribution < 1.29 is 19.9 Å². The third-order valence-electron chi connectivity index (χ3n) is 5.56. The van der Waals surface area contributed by atoms with Crippen LogP contribution in [0.1, 0.15) is 38.9 Å². The number of fused-ring (bicyclic) bond motifs is 1. The number of carboxylic acids is 1. The van der Waals surface area contributed by atoms with Gasteiger partial charge in [-0.2, -0.15) is 0 Å². The fourth-order valence-electron chi connectivity index (χ4n) is 3.90. The number of hydrogen-bond acceptors (Lipinski definition) is 4. The average Bonchev–Trinajstić information content (AvgIpc) is 2.85. The van der Waals surface area contributed by atoms with E-state index in [4.69, 9.17) is 11.6 Å². The van der Waals surface area contributed by atoms with E-state index in [9.17, 15) is 24.7 Å². The highest BCUT2D eigenvalue weighted by atomic mass is 35.5. The SMILES string of the molecule is CCN(O)C(=O)c1ccc(Cc2c(C(=O)O)n(-c3ccccc3)c3cc(Cl)ccc3c2=O)cc1. The van der Waals surface area contributed by atoms with Crippen molar-refractivity contribution in [1.29, 1.82) is 0 Å². The predicted octanol–water partition coefficient (Wildman–Crippen LogP) is 4.78. The second kappa shape index (κ2) is 9.51. The number of aromatic nitrogens is 1. The molecule has 3 aromatic carbocycles. The number of para-hydroxylation sites is 1. The van der Waals surface area contributed by atoms with E-state index < -0.39 is 17.3 Å².